The quantitative estimate of drug-likeness (QED) is 0.645. The molecule has 4 rings (SSSR count). The molecule has 154 valence electrons. The van der Waals surface area contributed by atoms with E-state index < -0.39 is 0 Å². The summed E-state index contributed by atoms with van der Waals surface area (Å²) in [6.45, 7) is 1.86. The second-order valence-corrected chi connectivity index (χ2v) is 7.32. The number of halogens is 1. The highest BCUT2D eigenvalue weighted by Gasteiger charge is 2.26. The van der Waals surface area contributed by atoms with Gasteiger partial charge in [0.15, 0.2) is 5.69 Å². The summed E-state index contributed by atoms with van der Waals surface area (Å²) in [4.78, 5) is 29.0. The molecule has 0 spiro atoms. The van der Waals surface area contributed by atoms with E-state index in [1.165, 1.54) is 0 Å². The fourth-order valence-electron chi connectivity index (χ4n) is 3.40. The van der Waals surface area contributed by atoms with Crippen LogP contribution in [0.15, 0.2) is 60.8 Å². The maximum atomic E-state index is 12.8. The fourth-order valence-corrected chi connectivity index (χ4v) is 3.62. The number of benzene rings is 2. The number of piperazine rings is 1. The molecule has 2 aromatic carbocycles. The van der Waals surface area contributed by atoms with Gasteiger partial charge in [-0.1, -0.05) is 23.7 Å². The van der Waals surface area contributed by atoms with Gasteiger partial charge in [-0.2, -0.15) is 5.10 Å². The highest BCUT2D eigenvalue weighted by atomic mass is 35.5. The van der Waals surface area contributed by atoms with Gasteiger partial charge in [-0.3, -0.25) is 9.59 Å². The minimum atomic E-state index is -0.155. The van der Waals surface area contributed by atoms with E-state index in [1.807, 2.05) is 18.2 Å². The van der Waals surface area contributed by atoms with Crippen LogP contribution in [-0.4, -0.2) is 64.7 Å². The van der Waals surface area contributed by atoms with Crippen LogP contribution in [0.4, 0.5) is 0 Å². The van der Waals surface area contributed by atoms with E-state index >= 15 is 0 Å². The molecule has 0 bridgehead atoms. The first-order valence-electron chi connectivity index (χ1n) is 9.60. The number of methoxy groups -OCH3 is 1. The number of carbonyl (C=O) groups is 2. The summed E-state index contributed by atoms with van der Waals surface area (Å²) in [5, 5.41) is 4.94. The largest absolute Gasteiger partial charge is 0.497 e. The van der Waals surface area contributed by atoms with Crippen LogP contribution in [0, 0.1) is 0 Å². The standard InChI is InChI=1S/C22H21ClN4O3/c1-30-17-8-6-16(7-9-17)21(28)25-12-14-26(15-13-25)22(29)19-10-11-27(24-19)20-5-3-2-4-18(20)23/h2-11H,12-15H2,1H3. The number of rotatable bonds is 4. The third-order valence-corrected chi connectivity index (χ3v) is 5.42. The van der Waals surface area contributed by atoms with Gasteiger partial charge in [-0.05, 0) is 42.5 Å². The zero-order valence-electron chi connectivity index (χ0n) is 16.5. The Hall–Kier alpha value is -3.32. The number of ether oxygens (including phenoxy) is 1. The summed E-state index contributed by atoms with van der Waals surface area (Å²) < 4.78 is 6.73. The van der Waals surface area contributed by atoms with Gasteiger partial charge in [0.2, 0.25) is 0 Å². The molecule has 0 aliphatic carbocycles. The van der Waals surface area contributed by atoms with Crippen molar-refractivity contribution in [3.05, 3.63) is 77.1 Å². The molecule has 3 aromatic rings. The topological polar surface area (TPSA) is 67.7 Å². The van der Waals surface area contributed by atoms with Crippen molar-refractivity contribution in [2.75, 3.05) is 33.3 Å². The Morgan fingerprint density at radius 2 is 1.53 bits per heavy atom. The van der Waals surface area contributed by atoms with Crippen LogP contribution >= 0.6 is 11.6 Å². The van der Waals surface area contributed by atoms with Crippen molar-refractivity contribution in [3.8, 4) is 11.4 Å². The molecule has 0 unspecified atom stereocenters. The van der Waals surface area contributed by atoms with Gasteiger partial charge in [0.05, 0.1) is 17.8 Å². The van der Waals surface area contributed by atoms with Crippen LogP contribution < -0.4 is 4.74 Å². The number of carbonyl (C=O) groups excluding carboxylic acids is 2. The monoisotopic (exact) mass is 424 g/mol. The van der Waals surface area contributed by atoms with E-state index in [0.717, 1.165) is 0 Å². The van der Waals surface area contributed by atoms with Gasteiger partial charge < -0.3 is 14.5 Å². The van der Waals surface area contributed by atoms with E-state index in [0.29, 0.717) is 53.9 Å². The molecule has 1 saturated heterocycles. The van der Waals surface area contributed by atoms with Gasteiger partial charge >= 0.3 is 0 Å². The lowest BCUT2D eigenvalue weighted by Gasteiger charge is -2.34. The molecule has 8 heteroatoms. The molecular weight excluding hydrogens is 404 g/mol. The Balaban J connectivity index is 1.39. The second kappa shape index (κ2) is 8.59. The van der Waals surface area contributed by atoms with Crippen molar-refractivity contribution in [1.29, 1.82) is 0 Å². The summed E-state index contributed by atoms with van der Waals surface area (Å²) in [6, 6.07) is 16.0. The zero-order valence-corrected chi connectivity index (χ0v) is 17.2. The summed E-state index contributed by atoms with van der Waals surface area (Å²) in [5.74, 6) is 0.503. The van der Waals surface area contributed by atoms with Crippen LogP contribution in [0.3, 0.4) is 0 Å². The first kappa shape index (κ1) is 20.0. The lowest BCUT2D eigenvalue weighted by molar-refractivity contribution is 0.0532. The molecule has 0 atom stereocenters. The molecule has 0 radical (unpaired) electrons. The SMILES string of the molecule is COc1ccc(C(=O)N2CCN(C(=O)c3ccn(-c4ccccc4Cl)n3)CC2)cc1. The van der Waals surface area contributed by atoms with Gasteiger partial charge in [-0.25, -0.2) is 4.68 Å². The molecular formula is C22H21ClN4O3. The minimum Gasteiger partial charge on any atom is -0.497 e. The van der Waals surface area contributed by atoms with Crippen LogP contribution in [0.1, 0.15) is 20.8 Å². The number of amides is 2. The van der Waals surface area contributed by atoms with Gasteiger partial charge in [0.25, 0.3) is 11.8 Å². The Morgan fingerprint density at radius 1 is 0.900 bits per heavy atom. The maximum absolute atomic E-state index is 12.8. The molecule has 1 aliphatic heterocycles. The molecule has 1 aliphatic rings. The Labute approximate surface area is 179 Å². The van der Waals surface area contributed by atoms with Crippen molar-refractivity contribution in [2.45, 2.75) is 0 Å². The number of para-hydroxylation sites is 1. The number of hydrogen-bond donors (Lipinski definition) is 0. The maximum Gasteiger partial charge on any atom is 0.274 e. The molecule has 0 N–H and O–H groups in total. The van der Waals surface area contributed by atoms with E-state index in [-0.39, 0.29) is 11.8 Å². The van der Waals surface area contributed by atoms with Gasteiger partial charge in [-0.15, -0.1) is 0 Å². The van der Waals surface area contributed by atoms with Crippen LogP contribution in [0.5, 0.6) is 5.75 Å². The summed E-state index contributed by atoms with van der Waals surface area (Å²) in [7, 11) is 1.59. The molecule has 1 fully saturated rings. The Kier molecular flexibility index (Phi) is 5.72. The average molecular weight is 425 g/mol. The van der Waals surface area contributed by atoms with Gasteiger partial charge in [0, 0.05) is 37.9 Å². The first-order valence-corrected chi connectivity index (χ1v) is 9.98. The molecule has 0 saturated carbocycles. The summed E-state index contributed by atoms with van der Waals surface area (Å²) >= 11 is 6.21. The Bertz CT molecular complexity index is 1060. The normalized spacial score (nSPS) is 13.9. The number of hydrogen-bond acceptors (Lipinski definition) is 4. The number of aromatic nitrogens is 2. The average Bonchev–Trinajstić information content (AvgIpc) is 3.28. The van der Waals surface area contributed by atoms with Crippen molar-refractivity contribution in [1.82, 2.24) is 19.6 Å². The van der Waals surface area contributed by atoms with Crippen molar-refractivity contribution in [2.24, 2.45) is 0 Å². The van der Waals surface area contributed by atoms with Gasteiger partial charge in [0.1, 0.15) is 5.75 Å². The predicted octanol–water partition coefficient (Wildman–Crippen LogP) is 3.13. The highest BCUT2D eigenvalue weighted by molar-refractivity contribution is 6.32. The summed E-state index contributed by atoms with van der Waals surface area (Å²) in [6.07, 6.45) is 1.72. The smallest absolute Gasteiger partial charge is 0.274 e. The van der Waals surface area contributed by atoms with Crippen LogP contribution in [0.2, 0.25) is 5.02 Å². The van der Waals surface area contributed by atoms with E-state index in [9.17, 15) is 9.59 Å². The van der Waals surface area contributed by atoms with Crippen molar-refractivity contribution >= 4 is 23.4 Å². The van der Waals surface area contributed by atoms with E-state index in [4.69, 9.17) is 16.3 Å². The Morgan fingerprint density at radius 3 is 2.17 bits per heavy atom. The predicted molar refractivity (Wildman–Crippen MR) is 113 cm³/mol. The lowest BCUT2D eigenvalue weighted by Crippen LogP contribution is -2.50. The molecule has 1 aromatic heterocycles. The first-order chi connectivity index (χ1) is 14.6. The molecule has 7 nitrogen and oxygen atoms in total. The van der Waals surface area contributed by atoms with Crippen LogP contribution in [-0.2, 0) is 0 Å². The van der Waals surface area contributed by atoms with Crippen molar-refractivity contribution in [3.63, 3.8) is 0 Å². The fraction of sp³-hybridized carbons (Fsp3) is 0.227. The van der Waals surface area contributed by atoms with Crippen LogP contribution in [0.25, 0.3) is 5.69 Å². The third-order valence-electron chi connectivity index (χ3n) is 5.10. The minimum absolute atomic E-state index is 0.0484. The van der Waals surface area contributed by atoms with E-state index in [1.54, 1.807) is 64.2 Å². The molecule has 2 amide bonds. The highest BCUT2D eigenvalue weighted by Crippen LogP contribution is 2.20. The lowest BCUT2D eigenvalue weighted by atomic mass is 10.1. The zero-order chi connectivity index (χ0) is 21.1. The third kappa shape index (κ3) is 4.02. The van der Waals surface area contributed by atoms with Crippen molar-refractivity contribution < 1.29 is 14.3 Å². The summed E-state index contributed by atoms with van der Waals surface area (Å²) in [5.41, 5.74) is 1.67. The number of nitrogens with zero attached hydrogens (tertiary/aromatic N) is 4. The van der Waals surface area contributed by atoms with E-state index in [2.05, 4.69) is 5.10 Å². The second-order valence-electron chi connectivity index (χ2n) is 6.91. The molecule has 2 heterocycles. The molecule has 30 heavy (non-hydrogen) atoms.